The Bertz CT molecular complexity index is 600. The molecule has 0 aliphatic carbocycles. The van der Waals surface area contributed by atoms with Gasteiger partial charge in [-0.3, -0.25) is 4.55 Å². The summed E-state index contributed by atoms with van der Waals surface area (Å²) in [5.41, 5.74) is 0. The molecular weight excluding hydrogens is 370 g/mol. The van der Waals surface area contributed by atoms with Gasteiger partial charge < -0.3 is 0 Å². The van der Waals surface area contributed by atoms with Crippen LogP contribution in [-0.4, -0.2) is 13.0 Å². The third-order valence-electron chi connectivity index (χ3n) is 1.83. The lowest BCUT2D eigenvalue weighted by atomic mass is 10.4. The molecule has 0 unspecified atom stereocenters. The lowest BCUT2D eigenvalue weighted by Gasteiger charge is -1.94. The third-order valence-corrected chi connectivity index (χ3v) is 3.40. The molecule has 0 atom stereocenters. The molecule has 2 aromatic rings. The van der Waals surface area contributed by atoms with E-state index in [1.807, 2.05) is 18.2 Å². The van der Waals surface area contributed by atoms with Crippen molar-refractivity contribution in [2.24, 2.45) is 0 Å². The maximum Gasteiger partial charge on any atom is 0.294 e. The summed E-state index contributed by atoms with van der Waals surface area (Å²) in [6.45, 7) is 0. The fraction of sp³-hybridized carbons (Fsp3) is 0. The summed E-state index contributed by atoms with van der Waals surface area (Å²) in [6.07, 6.45) is 0. The Morgan fingerprint density at radius 1 is 1.00 bits per heavy atom. The zero-order chi connectivity index (χ0) is 13.6. The Morgan fingerprint density at radius 3 is 1.94 bits per heavy atom. The molecule has 1 N–H and O–H groups in total. The van der Waals surface area contributed by atoms with Gasteiger partial charge in [-0.05, 0) is 52.9 Å². The Labute approximate surface area is 119 Å². The predicted octanol–water partition coefficient (Wildman–Crippen LogP) is 3.36. The van der Waals surface area contributed by atoms with Crippen LogP contribution in [-0.2, 0) is 10.1 Å². The van der Waals surface area contributed by atoms with Gasteiger partial charge in [-0.15, -0.1) is 0 Å². The van der Waals surface area contributed by atoms with E-state index in [0.29, 0.717) is 0 Å². The fourth-order valence-corrected chi connectivity index (χ4v) is 1.97. The number of hydrogen-bond acceptors (Lipinski definition) is 2. The van der Waals surface area contributed by atoms with Crippen molar-refractivity contribution in [2.75, 3.05) is 0 Å². The molecule has 18 heavy (non-hydrogen) atoms. The molecule has 0 fully saturated rings. The Morgan fingerprint density at radius 2 is 1.61 bits per heavy atom. The molecule has 0 amide bonds. The number of halogens is 2. The van der Waals surface area contributed by atoms with Gasteiger partial charge in [0.2, 0.25) is 0 Å². The van der Waals surface area contributed by atoms with E-state index < -0.39 is 20.8 Å². The Hall–Kier alpha value is -0.990. The van der Waals surface area contributed by atoms with Crippen LogP contribution in [0, 0.1) is 9.39 Å². The van der Waals surface area contributed by atoms with Crippen molar-refractivity contribution in [3.63, 3.8) is 0 Å². The molecule has 0 heterocycles. The highest BCUT2D eigenvalue weighted by Gasteiger charge is 2.08. The van der Waals surface area contributed by atoms with Crippen molar-refractivity contribution in [2.45, 2.75) is 4.90 Å². The van der Waals surface area contributed by atoms with Crippen LogP contribution in [0.3, 0.4) is 0 Å². The van der Waals surface area contributed by atoms with Gasteiger partial charge in [-0.1, -0.05) is 24.3 Å². The molecule has 6 heteroatoms. The zero-order valence-corrected chi connectivity index (χ0v) is 12.1. The van der Waals surface area contributed by atoms with Crippen LogP contribution < -0.4 is 0 Å². The summed E-state index contributed by atoms with van der Waals surface area (Å²) < 4.78 is 42.8. The lowest BCUT2D eigenvalue weighted by molar-refractivity contribution is 0.482. The highest BCUT2D eigenvalue weighted by molar-refractivity contribution is 14.1. The summed E-state index contributed by atoms with van der Waals surface area (Å²) in [5, 5.41) is 0. The van der Waals surface area contributed by atoms with E-state index in [1.165, 1.54) is 9.64 Å². The van der Waals surface area contributed by atoms with Crippen LogP contribution in [0.2, 0.25) is 0 Å². The van der Waals surface area contributed by atoms with E-state index in [0.717, 1.165) is 18.2 Å². The molecule has 0 saturated heterocycles. The minimum absolute atomic E-state index is 0.433. The average molecular weight is 380 g/mol. The Kier molecular flexibility index (Phi) is 5.70. The largest absolute Gasteiger partial charge is 0.294 e. The maximum absolute atomic E-state index is 12.3. The Balaban J connectivity index is 0.000000199. The van der Waals surface area contributed by atoms with Crippen molar-refractivity contribution >= 4 is 32.7 Å². The topological polar surface area (TPSA) is 54.4 Å². The SMILES string of the molecule is Ic1ccccc1.O=S(=O)(O)c1cccc(F)c1. The van der Waals surface area contributed by atoms with Crippen molar-refractivity contribution in [3.05, 3.63) is 64.0 Å². The van der Waals surface area contributed by atoms with Gasteiger partial charge in [0.05, 0.1) is 4.90 Å². The van der Waals surface area contributed by atoms with Gasteiger partial charge in [0.1, 0.15) is 5.82 Å². The molecule has 0 radical (unpaired) electrons. The van der Waals surface area contributed by atoms with E-state index in [9.17, 15) is 12.8 Å². The lowest BCUT2D eigenvalue weighted by Crippen LogP contribution is -1.97. The molecule has 0 aromatic heterocycles. The van der Waals surface area contributed by atoms with Crippen LogP contribution in [0.15, 0.2) is 59.5 Å². The number of benzene rings is 2. The molecular formula is C12H10FIO3S. The molecule has 0 bridgehead atoms. The minimum atomic E-state index is -4.27. The molecule has 3 nitrogen and oxygen atoms in total. The van der Waals surface area contributed by atoms with Crippen LogP contribution in [0.4, 0.5) is 4.39 Å². The maximum atomic E-state index is 12.3. The first-order valence-electron chi connectivity index (χ1n) is 4.83. The van der Waals surface area contributed by atoms with Gasteiger partial charge in [0.25, 0.3) is 10.1 Å². The normalized spacial score (nSPS) is 10.4. The number of rotatable bonds is 1. The molecule has 0 spiro atoms. The molecule has 96 valence electrons. The third kappa shape index (κ3) is 5.56. The monoisotopic (exact) mass is 380 g/mol. The van der Waals surface area contributed by atoms with Crippen molar-refractivity contribution in [3.8, 4) is 0 Å². The van der Waals surface area contributed by atoms with Crippen LogP contribution in [0.5, 0.6) is 0 Å². The van der Waals surface area contributed by atoms with Gasteiger partial charge in [0.15, 0.2) is 0 Å². The highest BCUT2D eigenvalue weighted by atomic mass is 127. The summed E-state index contributed by atoms with van der Waals surface area (Å²) >= 11 is 2.28. The van der Waals surface area contributed by atoms with E-state index >= 15 is 0 Å². The second-order valence-electron chi connectivity index (χ2n) is 3.23. The molecule has 0 saturated carbocycles. The van der Waals surface area contributed by atoms with E-state index in [1.54, 1.807) is 0 Å². The molecule has 2 aromatic carbocycles. The standard InChI is InChI=1S/C6H5FO3S.C6H5I/c7-5-2-1-3-6(4-5)11(8,9)10;7-6-4-2-1-3-5-6/h1-4H,(H,8,9,10);1-5H. The molecule has 0 aliphatic heterocycles. The molecule has 0 aliphatic rings. The van der Waals surface area contributed by atoms with E-state index in [-0.39, 0.29) is 0 Å². The van der Waals surface area contributed by atoms with Crippen LogP contribution >= 0.6 is 22.6 Å². The fourth-order valence-electron chi connectivity index (χ4n) is 1.04. The van der Waals surface area contributed by atoms with Gasteiger partial charge >= 0.3 is 0 Å². The van der Waals surface area contributed by atoms with E-state index in [4.69, 9.17) is 4.55 Å². The average Bonchev–Trinajstić information content (AvgIpc) is 2.30. The van der Waals surface area contributed by atoms with Crippen LogP contribution in [0.25, 0.3) is 0 Å². The van der Waals surface area contributed by atoms with Crippen LogP contribution in [0.1, 0.15) is 0 Å². The summed E-state index contributed by atoms with van der Waals surface area (Å²) in [6, 6.07) is 14.4. The first-order valence-corrected chi connectivity index (χ1v) is 7.35. The van der Waals surface area contributed by atoms with E-state index in [2.05, 4.69) is 34.7 Å². The second-order valence-corrected chi connectivity index (χ2v) is 5.90. The van der Waals surface area contributed by atoms with Gasteiger partial charge in [-0.25, -0.2) is 4.39 Å². The summed E-state index contributed by atoms with van der Waals surface area (Å²) in [7, 11) is -4.27. The predicted molar refractivity (Wildman–Crippen MR) is 75.4 cm³/mol. The van der Waals surface area contributed by atoms with Crippen molar-refractivity contribution in [1.29, 1.82) is 0 Å². The second kappa shape index (κ2) is 6.81. The summed E-state index contributed by atoms with van der Waals surface area (Å²) in [5.74, 6) is -0.694. The quantitative estimate of drug-likeness (QED) is 0.610. The zero-order valence-electron chi connectivity index (χ0n) is 9.12. The first-order chi connectivity index (χ1) is 8.39. The van der Waals surface area contributed by atoms with Crippen molar-refractivity contribution in [1.82, 2.24) is 0 Å². The van der Waals surface area contributed by atoms with Gasteiger partial charge in [0, 0.05) is 3.57 Å². The first kappa shape index (κ1) is 15.1. The highest BCUT2D eigenvalue weighted by Crippen LogP contribution is 2.08. The smallest absolute Gasteiger partial charge is 0.282 e. The molecule has 2 rings (SSSR count). The summed E-state index contributed by atoms with van der Waals surface area (Å²) in [4.78, 5) is -0.433. The minimum Gasteiger partial charge on any atom is -0.282 e. The number of hydrogen-bond donors (Lipinski definition) is 1. The van der Waals surface area contributed by atoms with Gasteiger partial charge in [-0.2, -0.15) is 8.42 Å². The van der Waals surface area contributed by atoms with Crippen molar-refractivity contribution < 1.29 is 17.4 Å².